The van der Waals surface area contributed by atoms with Crippen LogP contribution in [-0.4, -0.2) is 50.8 Å². The van der Waals surface area contributed by atoms with Crippen molar-refractivity contribution in [3.05, 3.63) is 0 Å². The Labute approximate surface area is 120 Å². The Balaban J connectivity index is 2.34. The maximum absolute atomic E-state index is 5.45. The molecule has 1 aliphatic carbocycles. The average molecular weight is 270 g/mol. The van der Waals surface area contributed by atoms with Gasteiger partial charge in [0.05, 0.1) is 6.61 Å². The third kappa shape index (κ3) is 7.28. The zero-order chi connectivity index (χ0) is 13.9. The molecule has 19 heavy (non-hydrogen) atoms. The fourth-order valence-electron chi connectivity index (χ4n) is 3.04. The van der Waals surface area contributed by atoms with E-state index in [-0.39, 0.29) is 0 Å². The average Bonchev–Trinajstić information content (AvgIpc) is 2.44. The molecule has 0 aromatic heterocycles. The van der Waals surface area contributed by atoms with Gasteiger partial charge >= 0.3 is 0 Å². The maximum atomic E-state index is 5.45. The van der Waals surface area contributed by atoms with Crippen molar-refractivity contribution in [1.29, 1.82) is 0 Å². The van der Waals surface area contributed by atoms with Gasteiger partial charge in [0.15, 0.2) is 0 Å². The summed E-state index contributed by atoms with van der Waals surface area (Å²) in [6.45, 7) is 9.37. The van der Waals surface area contributed by atoms with Crippen molar-refractivity contribution in [3.8, 4) is 0 Å². The van der Waals surface area contributed by atoms with E-state index in [1.807, 2.05) is 0 Å². The van der Waals surface area contributed by atoms with Gasteiger partial charge in [-0.25, -0.2) is 0 Å². The predicted octanol–water partition coefficient (Wildman–Crippen LogP) is 2.90. The van der Waals surface area contributed by atoms with E-state index in [9.17, 15) is 0 Å². The molecule has 0 radical (unpaired) electrons. The minimum atomic E-state index is 0.673. The first-order chi connectivity index (χ1) is 9.27. The number of nitrogens with zero attached hydrogens (tertiary/aromatic N) is 1. The van der Waals surface area contributed by atoms with Crippen molar-refractivity contribution in [3.63, 3.8) is 0 Å². The molecule has 1 aliphatic rings. The fraction of sp³-hybridized carbons (Fsp3) is 1.00. The van der Waals surface area contributed by atoms with Crippen LogP contribution in [-0.2, 0) is 4.74 Å². The van der Waals surface area contributed by atoms with Gasteiger partial charge in [0.25, 0.3) is 0 Å². The molecule has 1 saturated carbocycles. The lowest BCUT2D eigenvalue weighted by Crippen LogP contribution is -2.46. The fourth-order valence-corrected chi connectivity index (χ4v) is 3.04. The molecule has 3 heteroatoms. The van der Waals surface area contributed by atoms with E-state index in [0.29, 0.717) is 6.04 Å². The summed E-state index contributed by atoms with van der Waals surface area (Å²) in [4.78, 5) is 2.43. The third-order valence-corrected chi connectivity index (χ3v) is 4.21. The van der Waals surface area contributed by atoms with Crippen LogP contribution in [0.2, 0.25) is 0 Å². The number of rotatable bonds is 10. The van der Waals surface area contributed by atoms with Crippen molar-refractivity contribution in [2.24, 2.45) is 5.92 Å². The molecule has 0 spiro atoms. The minimum absolute atomic E-state index is 0.673. The highest BCUT2D eigenvalue weighted by Gasteiger charge is 2.23. The zero-order valence-corrected chi connectivity index (χ0v) is 13.3. The van der Waals surface area contributed by atoms with Crippen molar-refractivity contribution in [2.45, 2.75) is 58.4 Å². The SMILES string of the molecule is CCCNC(CN(C)CCOCC)C1CCCCC1. The van der Waals surface area contributed by atoms with Crippen LogP contribution in [0.25, 0.3) is 0 Å². The van der Waals surface area contributed by atoms with E-state index in [2.05, 4.69) is 31.1 Å². The molecular weight excluding hydrogens is 236 g/mol. The molecule has 1 unspecified atom stereocenters. The molecule has 1 fully saturated rings. The molecule has 0 aromatic carbocycles. The van der Waals surface area contributed by atoms with Crippen LogP contribution in [0.4, 0.5) is 0 Å². The van der Waals surface area contributed by atoms with Crippen LogP contribution >= 0.6 is 0 Å². The van der Waals surface area contributed by atoms with Gasteiger partial charge in [-0.15, -0.1) is 0 Å². The summed E-state index contributed by atoms with van der Waals surface area (Å²) < 4.78 is 5.45. The Morgan fingerprint density at radius 2 is 1.95 bits per heavy atom. The lowest BCUT2D eigenvalue weighted by molar-refractivity contribution is 0.112. The number of nitrogens with one attached hydrogen (secondary N) is 1. The molecule has 0 heterocycles. The summed E-state index contributed by atoms with van der Waals surface area (Å²) in [7, 11) is 2.22. The molecule has 0 aromatic rings. The van der Waals surface area contributed by atoms with E-state index >= 15 is 0 Å². The second-order valence-electron chi connectivity index (χ2n) is 5.92. The van der Waals surface area contributed by atoms with Crippen LogP contribution < -0.4 is 5.32 Å². The van der Waals surface area contributed by atoms with Gasteiger partial charge in [-0.05, 0) is 45.7 Å². The topological polar surface area (TPSA) is 24.5 Å². The Bertz CT molecular complexity index is 205. The quantitative estimate of drug-likeness (QED) is 0.618. The summed E-state index contributed by atoms with van der Waals surface area (Å²) in [6, 6.07) is 0.673. The zero-order valence-electron chi connectivity index (χ0n) is 13.3. The van der Waals surface area contributed by atoms with Crippen molar-refractivity contribution < 1.29 is 4.74 Å². The summed E-state index contributed by atoms with van der Waals surface area (Å²) in [5.41, 5.74) is 0. The molecule has 0 amide bonds. The van der Waals surface area contributed by atoms with Gasteiger partial charge in [0.1, 0.15) is 0 Å². The van der Waals surface area contributed by atoms with Crippen LogP contribution in [0.15, 0.2) is 0 Å². The Morgan fingerprint density at radius 3 is 2.58 bits per heavy atom. The Morgan fingerprint density at radius 1 is 1.21 bits per heavy atom. The molecule has 114 valence electrons. The molecule has 1 rings (SSSR count). The second kappa shape index (κ2) is 10.6. The van der Waals surface area contributed by atoms with E-state index < -0.39 is 0 Å². The van der Waals surface area contributed by atoms with Crippen LogP contribution in [0.3, 0.4) is 0 Å². The van der Waals surface area contributed by atoms with Crippen molar-refractivity contribution >= 4 is 0 Å². The Kier molecular flexibility index (Phi) is 9.48. The summed E-state index contributed by atoms with van der Waals surface area (Å²) >= 11 is 0. The maximum Gasteiger partial charge on any atom is 0.0593 e. The van der Waals surface area contributed by atoms with E-state index in [4.69, 9.17) is 4.74 Å². The van der Waals surface area contributed by atoms with Crippen LogP contribution in [0.1, 0.15) is 52.4 Å². The van der Waals surface area contributed by atoms with Gasteiger partial charge in [-0.3, -0.25) is 0 Å². The highest BCUT2D eigenvalue weighted by atomic mass is 16.5. The standard InChI is InChI=1S/C16H34N2O/c1-4-11-17-16(15-9-7-6-8-10-15)14-18(3)12-13-19-5-2/h15-17H,4-14H2,1-3H3. The summed E-state index contributed by atoms with van der Waals surface area (Å²) in [5.74, 6) is 0.884. The van der Waals surface area contributed by atoms with Crippen LogP contribution in [0.5, 0.6) is 0 Å². The van der Waals surface area contributed by atoms with Gasteiger partial charge in [0, 0.05) is 25.7 Å². The van der Waals surface area contributed by atoms with Crippen LogP contribution in [0, 0.1) is 5.92 Å². The first-order valence-electron chi connectivity index (χ1n) is 8.27. The molecular formula is C16H34N2O. The highest BCUT2D eigenvalue weighted by molar-refractivity contribution is 4.81. The van der Waals surface area contributed by atoms with Gasteiger partial charge in [-0.2, -0.15) is 0 Å². The molecule has 3 nitrogen and oxygen atoms in total. The van der Waals surface area contributed by atoms with E-state index in [0.717, 1.165) is 38.8 Å². The normalized spacial score (nSPS) is 18.9. The molecule has 1 atom stereocenters. The minimum Gasteiger partial charge on any atom is -0.380 e. The largest absolute Gasteiger partial charge is 0.380 e. The third-order valence-electron chi connectivity index (χ3n) is 4.21. The Hall–Kier alpha value is -0.120. The van der Waals surface area contributed by atoms with E-state index in [1.54, 1.807) is 0 Å². The number of likely N-dealkylation sites (N-methyl/N-ethyl adjacent to an activating group) is 1. The molecule has 0 bridgehead atoms. The molecule has 1 N–H and O–H groups in total. The van der Waals surface area contributed by atoms with Crippen molar-refractivity contribution in [1.82, 2.24) is 10.2 Å². The summed E-state index contributed by atoms with van der Waals surface area (Å²) in [5, 5.41) is 3.78. The lowest BCUT2D eigenvalue weighted by atomic mass is 9.83. The number of hydrogen-bond donors (Lipinski definition) is 1. The number of hydrogen-bond acceptors (Lipinski definition) is 3. The lowest BCUT2D eigenvalue weighted by Gasteiger charge is -2.34. The monoisotopic (exact) mass is 270 g/mol. The number of ether oxygens (including phenoxy) is 1. The molecule has 0 aliphatic heterocycles. The van der Waals surface area contributed by atoms with Gasteiger partial charge < -0.3 is 15.0 Å². The first-order valence-corrected chi connectivity index (χ1v) is 8.27. The molecule has 0 saturated heterocycles. The summed E-state index contributed by atoms with van der Waals surface area (Å²) in [6.07, 6.45) is 8.36. The van der Waals surface area contributed by atoms with Gasteiger partial charge in [0.2, 0.25) is 0 Å². The first kappa shape index (κ1) is 16.9. The van der Waals surface area contributed by atoms with Crippen molar-refractivity contribution in [2.75, 3.05) is 39.9 Å². The second-order valence-corrected chi connectivity index (χ2v) is 5.92. The van der Waals surface area contributed by atoms with Gasteiger partial charge in [-0.1, -0.05) is 26.2 Å². The smallest absolute Gasteiger partial charge is 0.0593 e. The highest BCUT2D eigenvalue weighted by Crippen LogP contribution is 2.26. The predicted molar refractivity (Wildman–Crippen MR) is 82.6 cm³/mol. The van der Waals surface area contributed by atoms with E-state index in [1.165, 1.54) is 38.5 Å².